The lowest BCUT2D eigenvalue weighted by Crippen LogP contribution is -2.39. The van der Waals surface area contributed by atoms with Crippen molar-refractivity contribution in [2.75, 3.05) is 6.54 Å². The largest absolute Gasteiger partial charge is 0.573 e. The highest BCUT2D eigenvalue weighted by atomic mass is 19.4. The van der Waals surface area contributed by atoms with Gasteiger partial charge in [-0.3, -0.25) is 24.1 Å². The molecule has 2 aliphatic heterocycles. The van der Waals surface area contributed by atoms with E-state index < -0.39 is 53.9 Å². The second-order valence-electron chi connectivity index (χ2n) is 8.11. The number of carbonyl (C=O) groups excluding carboxylic acids is 3. The molecular formula is C23H22F3N3O5. The topological polar surface area (TPSA) is 102 Å². The molecule has 0 saturated carbocycles. The summed E-state index contributed by atoms with van der Waals surface area (Å²) < 4.78 is 42.3. The number of primary amides is 1. The third-order valence-electron chi connectivity index (χ3n) is 5.91. The molecule has 4 atom stereocenters. The number of hydrogen-bond donors (Lipinski definition) is 1. The van der Waals surface area contributed by atoms with Crippen LogP contribution in [0.15, 0.2) is 54.6 Å². The van der Waals surface area contributed by atoms with Crippen LogP contribution in [-0.4, -0.2) is 46.7 Å². The first-order valence-corrected chi connectivity index (χ1v) is 10.6. The van der Waals surface area contributed by atoms with Gasteiger partial charge in [0.25, 0.3) is 5.91 Å². The van der Waals surface area contributed by atoms with E-state index >= 15 is 0 Å². The predicted molar refractivity (Wildman–Crippen MR) is 111 cm³/mol. The van der Waals surface area contributed by atoms with Crippen LogP contribution in [0, 0.1) is 5.92 Å². The fourth-order valence-electron chi connectivity index (χ4n) is 4.43. The van der Waals surface area contributed by atoms with Crippen molar-refractivity contribution in [1.29, 1.82) is 0 Å². The van der Waals surface area contributed by atoms with Crippen LogP contribution in [0.3, 0.4) is 0 Å². The van der Waals surface area contributed by atoms with Crippen LogP contribution in [0.25, 0.3) is 0 Å². The molecule has 0 aromatic heterocycles. The number of nitrogens with two attached hydrogens (primary N) is 1. The number of amides is 3. The summed E-state index contributed by atoms with van der Waals surface area (Å²) in [6.45, 7) is 1.66. The van der Waals surface area contributed by atoms with Crippen LogP contribution in [0.4, 0.5) is 13.2 Å². The van der Waals surface area contributed by atoms with Gasteiger partial charge in [0.15, 0.2) is 6.10 Å². The minimum absolute atomic E-state index is 0.0494. The lowest BCUT2D eigenvalue weighted by Gasteiger charge is -2.29. The third kappa shape index (κ3) is 4.62. The first-order chi connectivity index (χ1) is 16.1. The Labute approximate surface area is 193 Å². The van der Waals surface area contributed by atoms with Gasteiger partial charge in [-0.25, -0.2) is 0 Å². The highest BCUT2D eigenvalue weighted by Crippen LogP contribution is 2.47. The van der Waals surface area contributed by atoms with Crippen molar-refractivity contribution in [1.82, 2.24) is 9.96 Å². The standard InChI is InChI=1S/C23H22F3N3O5/c1-13(14-6-3-2-4-7-14)29-21(31)18-19(15-8-5-9-16(12-15)33-23(24,25)26)28(11-10-17(27)30)34-20(18)22(29)32/h2-9,12-13,18-20H,10-11H2,1H3,(H2,27,30). The maximum Gasteiger partial charge on any atom is 0.573 e. The maximum atomic E-state index is 13.5. The predicted octanol–water partition coefficient (Wildman–Crippen LogP) is 2.86. The Bertz CT molecular complexity index is 1090. The lowest BCUT2D eigenvalue weighted by molar-refractivity contribution is -0.274. The summed E-state index contributed by atoms with van der Waals surface area (Å²) in [5.41, 5.74) is 6.25. The maximum absolute atomic E-state index is 13.5. The zero-order valence-electron chi connectivity index (χ0n) is 18.1. The Morgan fingerprint density at radius 2 is 1.82 bits per heavy atom. The Morgan fingerprint density at radius 1 is 1.12 bits per heavy atom. The number of halogens is 3. The second-order valence-corrected chi connectivity index (χ2v) is 8.11. The molecule has 2 fully saturated rings. The number of benzene rings is 2. The monoisotopic (exact) mass is 477 g/mol. The minimum atomic E-state index is -4.90. The summed E-state index contributed by atoms with van der Waals surface area (Å²) in [5, 5.41) is 1.27. The number of nitrogens with zero attached hydrogens (tertiary/aromatic N) is 2. The number of fused-ring (bicyclic) bond motifs is 1. The number of hydroxylamine groups is 2. The van der Waals surface area contributed by atoms with Crippen LogP contribution in [0.1, 0.15) is 36.6 Å². The molecule has 2 aliphatic rings. The molecule has 180 valence electrons. The molecule has 34 heavy (non-hydrogen) atoms. The van der Waals surface area contributed by atoms with Gasteiger partial charge >= 0.3 is 6.36 Å². The number of likely N-dealkylation sites (tertiary alicyclic amines) is 1. The van der Waals surface area contributed by atoms with E-state index in [1.165, 1.54) is 17.2 Å². The van der Waals surface area contributed by atoms with Gasteiger partial charge in [0.2, 0.25) is 11.8 Å². The summed E-state index contributed by atoms with van der Waals surface area (Å²) in [4.78, 5) is 45.0. The van der Waals surface area contributed by atoms with E-state index in [4.69, 9.17) is 10.6 Å². The first kappa shape index (κ1) is 23.7. The molecule has 0 spiro atoms. The van der Waals surface area contributed by atoms with Crippen LogP contribution in [0.5, 0.6) is 5.75 Å². The fourth-order valence-corrected chi connectivity index (χ4v) is 4.43. The van der Waals surface area contributed by atoms with E-state index in [0.29, 0.717) is 0 Å². The zero-order valence-corrected chi connectivity index (χ0v) is 18.1. The zero-order chi connectivity index (χ0) is 24.6. The second kappa shape index (κ2) is 9.07. The minimum Gasteiger partial charge on any atom is -0.406 e. The van der Waals surface area contributed by atoms with Crippen molar-refractivity contribution in [2.24, 2.45) is 11.7 Å². The van der Waals surface area contributed by atoms with Crippen LogP contribution < -0.4 is 10.5 Å². The molecule has 4 unspecified atom stereocenters. The molecule has 8 nitrogen and oxygen atoms in total. The highest BCUT2D eigenvalue weighted by molar-refractivity contribution is 6.07. The molecule has 0 aliphatic carbocycles. The summed E-state index contributed by atoms with van der Waals surface area (Å²) in [6, 6.07) is 12.6. The van der Waals surface area contributed by atoms with Crippen molar-refractivity contribution >= 4 is 17.7 Å². The van der Waals surface area contributed by atoms with Gasteiger partial charge in [0, 0.05) is 13.0 Å². The number of rotatable bonds is 7. The molecule has 2 saturated heterocycles. The molecule has 11 heteroatoms. The van der Waals surface area contributed by atoms with Gasteiger partial charge < -0.3 is 10.5 Å². The lowest BCUT2D eigenvalue weighted by atomic mass is 9.90. The molecule has 0 radical (unpaired) electrons. The third-order valence-corrected chi connectivity index (χ3v) is 5.91. The van der Waals surface area contributed by atoms with E-state index in [1.54, 1.807) is 31.2 Å². The van der Waals surface area contributed by atoms with Crippen molar-refractivity contribution in [3.63, 3.8) is 0 Å². The Hall–Kier alpha value is -3.44. The molecular weight excluding hydrogens is 455 g/mol. The average Bonchev–Trinajstić information content (AvgIpc) is 3.27. The summed E-state index contributed by atoms with van der Waals surface area (Å²) in [6.07, 6.45) is -6.22. The molecule has 2 aromatic carbocycles. The van der Waals surface area contributed by atoms with Gasteiger partial charge in [-0.2, -0.15) is 5.06 Å². The number of hydrogen-bond acceptors (Lipinski definition) is 6. The molecule has 0 bridgehead atoms. The number of carbonyl (C=O) groups is 3. The van der Waals surface area contributed by atoms with Gasteiger partial charge in [-0.1, -0.05) is 42.5 Å². The highest BCUT2D eigenvalue weighted by Gasteiger charge is 2.60. The average molecular weight is 477 g/mol. The smallest absolute Gasteiger partial charge is 0.406 e. The van der Waals surface area contributed by atoms with Crippen molar-refractivity contribution in [2.45, 2.75) is 37.9 Å². The Kier molecular flexibility index (Phi) is 6.32. The number of imide groups is 1. The van der Waals surface area contributed by atoms with Crippen molar-refractivity contribution in [3.05, 3.63) is 65.7 Å². The molecule has 2 aromatic rings. The van der Waals surface area contributed by atoms with E-state index in [1.807, 2.05) is 6.07 Å². The van der Waals surface area contributed by atoms with Gasteiger partial charge in [0.1, 0.15) is 5.75 Å². The van der Waals surface area contributed by atoms with Crippen LogP contribution in [-0.2, 0) is 19.2 Å². The Balaban J connectivity index is 1.68. The van der Waals surface area contributed by atoms with E-state index in [-0.39, 0.29) is 18.5 Å². The van der Waals surface area contributed by atoms with Crippen LogP contribution in [0.2, 0.25) is 0 Å². The quantitative estimate of drug-likeness (QED) is 0.616. The summed E-state index contributed by atoms with van der Waals surface area (Å²) in [7, 11) is 0. The van der Waals surface area contributed by atoms with Gasteiger partial charge in [0.05, 0.1) is 18.0 Å². The molecule has 2 N–H and O–H groups in total. The van der Waals surface area contributed by atoms with E-state index in [9.17, 15) is 27.6 Å². The first-order valence-electron chi connectivity index (χ1n) is 10.6. The number of ether oxygens (including phenoxy) is 1. The summed E-state index contributed by atoms with van der Waals surface area (Å²) in [5.74, 6) is -3.20. The Morgan fingerprint density at radius 3 is 2.47 bits per heavy atom. The SMILES string of the molecule is CC(c1ccccc1)N1C(=O)C2ON(CCC(N)=O)C(c3cccc(OC(F)(F)F)c3)C2C1=O. The number of alkyl halides is 3. The van der Waals surface area contributed by atoms with Gasteiger partial charge in [-0.15, -0.1) is 13.2 Å². The van der Waals surface area contributed by atoms with Crippen LogP contribution >= 0.6 is 0 Å². The fraction of sp³-hybridized carbons (Fsp3) is 0.348. The van der Waals surface area contributed by atoms with E-state index in [2.05, 4.69) is 4.74 Å². The molecule has 2 heterocycles. The normalized spacial score (nSPS) is 23.8. The molecule has 3 amide bonds. The van der Waals surface area contributed by atoms with E-state index in [0.717, 1.165) is 22.6 Å². The summed E-state index contributed by atoms with van der Waals surface area (Å²) >= 11 is 0. The van der Waals surface area contributed by atoms with Gasteiger partial charge in [-0.05, 0) is 30.2 Å². The van der Waals surface area contributed by atoms with Crippen molar-refractivity contribution < 1.29 is 37.1 Å². The molecule has 4 rings (SSSR count). The van der Waals surface area contributed by atoms with Crippen molar-refractivity contribution in [3.8, 4) is 5.75 Å².